The number of nitrogens with one attached hydrogen (secondary N) is 1. The van der Waals surface area contributed by atoms with Crippen LogP contribution in [-0.4, -0.2) is 30.9 Å². The number of anilines is 1. The van der Waals surface area contributed by atoms with E-state index in [0.717, 1.165) is 0 Å². The van der Waals surface area contributed by atoms with Gasteiger partial charge in [0.15, 0.2) is 11.0 Å². The van der Waals surface area contributed by atoms with Crippen molar-refractivity contribution in [3.8, 4) is 11.4 Å². The molecule has 9 heteroatoms. The van der Waals surface area contributed by atoms with Crippen LogP contribution >= 0.6 is 11.8 Å². The molecule has 128 valence electrons. The molecular weight excluding hydrogens is 348 g/mol. The lowest BCUT2D eigenvalue weighted by molar-refractivity contribution is -0.129. The minimum absolute atomic E-state index is 0.0437. The summed E-state index contributed by atoms with van der Waals surface area (Å²) < 4.78 is 29.9. The first-order chi connectivity index (χ1) is 12.0. The Labute approximate surface area is 146 Å². The summed E-state index contributed by atoms with van der Waals surface area (Å²) in [5.74, 6) is -1.01. The molecule has 2 heterocycles. The lowest BCUT2D eigenvalue weighted by Gasteiger charge is -2.14. The summed E-state index contributed by atoms with van der Waals surface area (Å²) >= 11 is 0.0437. The van der Waals surface area contributed by atoms with Gasteiger partial charge in [0.2, 0.25) is 0 Å². The Kier molecular flexibility index (Phi) is 4.75. The van der Waals surface area contributed by atoms with Crippen molar-refractivity contribution >= 4 is 23.4 Å². The van der Waals surface area contributed by atoms with Gasteiger partial charge in [0.1, 0.15) is 0 Å². The van der Waals surface area contributed by atoms with E-state index in [1.807, 2.05) is 0 Å². The third-order valence-electron chi connectivity index (χ3n) is 3.29. The van der Waals surface area contributed by atoms with Gasteiger partial charge in [0.05, 0.1) is 0 Å². The summed E-state index contributed by atoms with van der Waals surface area (Å²) in [6.07, 6.45) is 3.14. The SMILES string of the molecule is Cn1c(SC(F)(F)C(=O)Nc2ccccc2)nnc1-c1ccncc1. The molecule has 1 N–H and O–H groups in total. The van der Waals surface area contributed by atoms with E-state index < -0.39 is 11.2 Å². The minimum Gasteiger partial charge on any atom is -0.320 e. The van der Waals surface area contributed by atoms with Crippen LogP contribution in [0.2, 0.25) is 0 Å². The van der Waals surface area contributed by atoms with Crippen LogP contribution in [0, 0.1) is 0 Å². The van der Waals surface area contributed by atoms with E-state index in [0.29, 0.717) is 17.1 Å². The van der Waals surface area contributed by atoms with Crippen LogP contribution in [0.5, 0.6) is 0 Å². The van der Waals surface area contributed by atoms with Crippen molar-refractivity contribution in [3.05, 3.63) is 54.9 Å². The monoisotopic (exact) mass is 361 g/mol. The van der Waals surface area contributed by atoms with E-state index in [9.17, 15) is 13.6 Å². The van der Waals surface area contributed by atoms with Crippen molar-refractivity contribution in [2.45, 2.75) is 10.4 Å². The van der Waals surface area contributed by atoms with Gasteiger partial charge in [-0.1, -0.05) is 18.2 Å². The highest BCUT2D eigenvalue weighted by molar-refractivity contribution is 8.00. The zero-order valence-corrected chi connectivity index (χ0v) is 13.9. The highest BCUT2D eigenvalue weighted by Gasteiger charge is 2.42. The molecule has 3 rings (SSSR count). The molecule has 0 aliphatic carbocycles. The molecule has 0 saturated heterocycles. The Morgan fingerprint density at radius 1 is 1.12 bits per heavy atom. The largest absolute Gasteiger partial charge is 0.378 e. The first-order valence-corrected chi connectivity index (χ1v) is 8.02. The molecule has 0 saturated carbocycles. The topological polar surface area (TPSA) is 72.7 Å². The summed E-state index contributed by atoms with van der Waals surface area (Å²) in [5, 5.41) is 6.09. The number of pyridine rings is 1. The second-order valence-corrected chi connectivity index (χ2v) is 6.12. The predicted molar refractivity (Wildman–Crippen MR) is 90.1 cm³/mol. The van der Waals surface area contributed by atoms with Crippen molar-refractivity contribution in [2.75, 3.05) is 5.32 Å². The molecule has 0 fully saturated rings. The van der Waals surface area contributed by atoms with Gasteiger partial charge >= 0.3 is 11.2 Å². The van der Waals surface area contributed by atoms with Gasteiger partial charge in [0.25, 0.3) is 0 Å². The highest BCUT2D eigenvalue weighted by atomic mass is 32.2. The third-order valence-corrected chi connectivity index (χ3v) is 4.27. The molecule has 0 radical (unpaired) electrons. The summed E-state index contributed by atoms with van der Waals surface area (Å²) in [4.78, 5) is 15.8. The van der Waals surface area contributed by atoms with Gasteiger partial charge in [-0.3, -0.25) is 9.78 Å². The maximum atomic E-state index is 14.2. The van der Waals surface area contributed by atoms with Crippen LogP contribution in [0.1, 0.15) is 0 Å². The normalized spacial score (nSPS) is 11.3. The summed E-state index contributed by atoms with van der Waals surface area (Å²) in [6.45, 7) is 0. The third kappa shape index (κ3) is 3.82. The summed E-state index contributed by atoms with van der Waals surface area (Å²) in [7, 11) is 1.56. The zero-order chi connectivity index (χ0) is 17.9. The molecule has 0 aliphatic rings. The number of benzene rings is 1. The number of hydrogen-bond acceptors (Lipinski definition) is 5. The maximum Gasteiger partial charge on any atom is 0.378 e. The van der Waals surface area contributed by atoms with Crippen LogP contribution in [0.25, 0.3) is 11.4 Å². The van der Waals surface area contributed by atoms with Gasteiger partial charge in [0, 0.05) is 30.7 Å². The average Bonchev–Trinajstić information content (AvgIpc) is 2.96. The van der Waals surface area contributed by atoms with Crippen LogP contribution in [-0.2, 0) is 11.8 Å². The van der Waals surface area contributed by atoms with Gasteiger partial charge < -0.3 is 9.88 Å². The van der Waals surface area contributed by atoms with Crippen LogP contribution < -0.4 is 5.32 Å². The number of amides is 1. The zero-order valence-electron chi connectivity index (χ0n) is 13.1. The van der Waals surface area contributed by atoms with E-state index in [1.165, 1.54) is 16.7 Å². The molecule has 0 spiro atoms. The van der Waals surface area contributed by atoms with E-state index in [2.05, 4.69) is 20.5 Å². The second-order valence-electron chi connectivity index (χ2n) is 5.04. The van der Waals surface area contributed by atoms with Crippen molar-refractivity contribution < 1.29 is 13.6 Å². The van der Waals surface area contributed by atoms with Crippen molar-refractivity contribution in [2.24, 2.45) is 7.05 Å². The molecule has 0 bridgehead atoms. The molecule has 0 aliphatic heterocycles. The van der Waals surface area contributed by atoms with Gasteiger partial charge in [-0.25, -0.2) is 0 Å². The number of para-hydroxylation sites is 1. The summed E-state index contributed by atoms with van der Waals surface area (Å²) in [6, 6.07) is 11.5. The van der Waals surface area contributed by atoms with Gasteiger partial charge in [-0.2, -0.15) is 8.78 Å². The molecule has 2 aromatic heterocycles. The van der Waals surface area contributed by atoms with Crippen molar-refractivity contribution in [3.63, 3.8) is 0 Å². The van der Waals surface area contributed by atoms with Crippen LogP contribution in [0.15, 0.2) is 60.0 Å². The maximum absolute atomic E-state index is 14.2. The average molecular weight is 361 g/mol. The number of nitrogens with zero attached hydrogens (tertiary/aromatic N) is 4. The lowest BCUT2D eigenvalue weighted by atomic mass is 10.2. The first-order valence-electron chi connectivity index (χ1n) is 7.20. The number of alkyl halides is 2. The number of carbonyl (C=O) groups is 1. The predicted octanol–water partition coefficient (Wildman–Crippen LogP) is 3.20. The van der Waals surface area contributed by atoms with Crippen molar-refractivity contribution in [1.29, 1.82) is 0 Å². The Balaban J connectivity index is 1.77. The molecule has 3 aromatic rings. The number of carbonyl (C=O) groups excluding carboxylic acids is 1. The van der Waals surface area contributed by atoms with Gasteiger partial charge in [-0.05, 0) is 36.0 Å². The minimum atomic E-state index is -3.70. The van der Waals surface area contributed by atoms with E-state index >= 15 is 0 Å². The van der Waals surface area contributed by atoms with Gasteiger partial charge in [-0.15, -0.1) is 10.2 Å². The lowest BCUT2D eigenvalue weighted by Crippen LogP contribution is -2.31. The smallest absolute Gasteiger partial charge is 0.320 e. The number of hydrogen-bond donors (Lipinski definition) is 1. The molecule has 0 atom stereocenters. The van der Waals surface area contributed by atoms with Crippen molar-refractivity contribution in [1.82, 2.24) is 19.7 Å². The number of aromatic nitrogens is 4. The molecular formula is C16H13F2N5OS. The number of rotatable bonds is 5. The van der Waals surface area contributed by atoms with E-state index in [-0.39, 0.29) is 16.9 Å². The Hall–Kier alpha value is -2.81. The molecule has 25 heavy (non-hydrogen) atoms. The number of thioether (sulfide) groups is 1. The standard InChI is InChI=1S/C16H13F2N5OS/c1-23-13(11-7-9-19-10-8-11)21-22-15(23)25-16(17,18)14(24)20-12-5-3-2-4-6-12/h2-10H,1H3,(H,20,24). The Morgan fingerprint density at radius 3 is 2.48 bits per heavy atom. The fourth-order valence-corrected chi connectivity index (χ4v) is 2.72. The Morgan fingerprint density at radius 2 is 1.80 bits per heavy atom. The second kappa shape index (κ2) is 6.98. The fourth-order valence-electron chi connectivity index (χ4n) is 2.04. The molecule has 1 amide bonds. The molecule has 0 unspecified atom stereocenters. The number of halogens is 2. The Bertz CT molecular complexity index is 871. The molecule has 6 nitrogen and oxygen atoms in total. The van der Waals surface area contributed by atoms with E-state index in [1.54, 1.807) is 49.8 Å². The summed E-state index contributed by atoms with van der Waals surface area (Å²) in [5.41, 5.74) is 0.983. The van der Waals surface area contributed by atoms with Crippen LogP contribution in [0.4, 0.5) is 14.5 Å². The van der Waals surface area contributed by atoms with E-state index in [4.69, 9.17) is 0 Å². The first kappa shape index (κ1) is 17.0. The van der Waals surface area contributed by atoms with Crippen LogP contribution in [0.3, 0.4) is 0 Å². The highest BCUT2D eigenvalue weighted by Crippen LogP contribution is 2.36. The molecule has 1 aromatic carbocycles. The fraction of sp³-hybridized carbons (Fsp3) is 0.125. The quantitative estimate of drug-likeness (QED) is 0.707.